The Bertz CT molecular complexity index is 252. The Kier molecular flexibility index (Phi) is 4.68. The standard InChI is InChI=1S/C15H29NO2/c1-14(2,3)17-11-12-18-15(7-4-8-15)9-10-16-13-5-6-13/h13,16H,4-12H2,1-3H3. The van der Waals surface area contributed by atoms with Crippen LogP contribution in [0.5, 0.6) is 0 Å². The second-order valence-corrected chi connectivity index (χ2v) is 6.82. The van der Waals surface area contributed by atoms with Crippen molar-refractivity contribution in [2.45, 2.75) is 76.5 Å². The van der Waals surface area contributed by atoms with Gasteiger partial charge in [0, 0.05) is 6.04 Å². The van der Waals surface area contributed by atoms with E-state index in [2.05, 4.69) is 26.1 Å². The van der Waals surface area contributed by atoms with Crippen molar-refractivity contribution in [3.8, 4) is 0 Å². The molecule has 0 heterocycles. The lowest BCUT2D eigenvalue weighted by atomic mass is 9.77. The molecule has 0 aliphatic heterocycles. The van der Waals surface area contributed by atoms with Crippen molar-refractivity contribution in [1.82, 2.24) is 5.32 Å². The lowest BCUT2D eigenvalue weighted by Gasteiger charge is -2.42. The summed E-state index contributed by atoms with van der Waals surface area (Å²) in [5.74, 6) is 0. The summed E-state index contributed by atoms with van der Waals surface area (Å²) in [6.45, 7) is 8.83. The van der Waals surface area contributed by atoms with Gasteiger partial charge in [0.05, 0.1) is 24.4 Å². The van der Waals surface area contributed by atoms with Crippen molar-refractivity contribution in [3.63, 3.8) is 0 Å². The molecule has 0 amide bonds. The highest BCUT2D eigenvalue weighted by Gasteiger charge is 2.37. The molecule has 0 unspecified atom stereocenters. The van der Waals surface area contributed by atoms with E-state index in [1.165, 1.54) is 38.5 Å². The monoisotopic (exact) mass is 255 g/mol. The normalized spacial score (nSPS) is 22.8. The average molecular weight is 255 g/mol. The van der Waals surface area contributed by atoms with Gasteiger partial charge in [0.2, 0.25) is 0 Å². The first-order chi connectivity index (χ1) is 8.49. The number of nitrogens with one attached hydrogen (secondary N) is 1. The molecular formula is C15H29NO2. The van der Waals surface area contributed by atoms with Crippen LogP contribution in [0.3, 0.4) is 0 Å². The Morgan fingerprint density at radius 2 is 1.89 bits per heavy atom. The van der Waals surface area contributed by atoms with Gasteiger partial charge in [-0.2, -0.15) is 0 Å². The van der Waals surface area contributed by atoms with Gasteiger partial charge in [0.1, 0.15) is 0 Å². The molecule has 0 spiro atoms. The molecule has 0 aromatic heterocycles. The van der Waals surface area contributed by atoms with E-state index in [4.69, 9.17) is 9.47 Å². The lowest BCUT2D eigenvalue weighted by molar-refractivity contribution is -0.130. The van der Waals surface area contributed by atoms with Crippen molar-refractivity contribution in [3.05, 3.63) is 0 Å². The molecule has 0 aromatic rings. The van der Waals surface area contributed by atoms with Crippen LogP contribution < -0.4 is 5.32 Å². The third-order valence-corrected chi connectivity index (χ3v) is 3.88. The highest BCUT2D eigenvalue weighted by Crippen LogP contribution is 2.38. The zero-order valence-corrected chi connectivity index (χ0v) is 12.3. The van der Waals surface area contributed by atoms with Crippen molar-refractivity contribution in [2.75, 3.05) is 19.8 Å². The van der Waals surface area contributed by atoms with Crippen LogP contribution in [0, 0.1) is 0 Å². The molecule has 0 saturated heterocycles. The van der Waals surface area contributed by atoms with E-state index in [1.54, 1.807) is 0 Å². The number of ether oxygens (including phenoxy) is 2. The molecular weight excluding hydrogens is 226 g/mol. The first-order valence-electron chi connectivity index (χ1n) is 7.50. The molecule has 2 aliphatic rings. The van der Waals surface area contributed by atoms with Crippen molar-refractivity contribution in [1.29, 1.82) is 0 Å². The van der Waals surface area contributed by atoms with Gasteiger partial charge >= 0.3 is 0 Å². The van der Waals surface area contributed by atoms with E-state index in [1.807, 2.05) is 0 Å². The summed E-state index contributed by atoms with van der Waals surface area (Å²) < 4.78 is 11.8. The first kappa shape index (κ1) is 14.3. The summed E-state index contributed by atoms with van der Waals surface area (Å²) in [5, 5.41) is 3.58. The minimum Gasteiger partial charge on any atom is -0.373 e. The maximum atomic E-state index is 6.10. The minimum atomic E-state index is -0.0519. The van der Waals surface area contributed by atoms with E-state index in [9.17, 15) is 0 Å². The Morgan fingerprint density at radius 3 is 2.39 bits per heavy atom. The van der Waals surface area contributed by atoms with Crippen LogP contribution in [0.25, 0.3) is 0 Å². The highest BCUT2D eigenvalue weighted by atomic mass is 16.5. The quantitative estimate of drug-likeness (QED) is 0.677. The Labute approximate surface area is 112 Å². The molecule has 18 heavy (non-hydrogen) atoms. The fraction of sp³-hybridized carbons (Fsp3) is 1.00. The summed E-state index contributed by atoms with van der Waals surface area (Å²) >= 11 is 0. The second kappa shape index (κ2) is 5.89. The largest absolute Gasteiger partial charge is 0.373 e. The molecule has 1 N–H and O–H groups in total. The molecule has 2 aliphatic carbocycles. The zero-order chi connectivity index (χ0) is 13.1. The van der Waals surface area contributed by atoms with Gasteiger partial charge in [-0.1, -0.05) is 0 Å². The molecule has 2 rings (SSSR count). The molecule has 0 radical (unpaired) electrons. The van der Waals surface area contributed by atoms with Crippen LogP contribution in [0.2, 0.25) is 0 Å². The van der Waals surface area contributed by atoms with E-state index in [0.717, 1.165) is 19.2 Å². The molecule has 2 fully saturated rings. The number of hydrogen-bond acceptors (Lipinski definition) is 3. The number of rotatable bonds is 8. The molecule has 3 heteroatoms. The van der Waals surface area contributed by atoms with E-state index < -0.39 is 0 Å². The summed E-state index contributed by atoms with van der Waals surface area (Å²) in [7, 11) is 0. The SMILES string of the molecule is CC(C)(C)OCCOC1(CCNC2CC2)CCC1. The predicted octanol–water partition coefficient (Wildman–Crippen LogP) is 2.88. The first-order valence-corrected chi connectivity index (χ1v) is 7.50. The van der Waals surface area contributed by atoms with Gasteiger partial charge in [-0.05, 0) is 65.8 Å². The Balaban J connectivity index is 1.58. The topological polar surface area (TPSA) is 30.5 Å². The van der Waals surface area contributed by atoms with E-state index in [0.29, 0.717) is 6.61 Å². The van der Waals surface area contributed by atoms with E-state index >= 15 is 0 Å². The van der Waals surface area contributed by atoms with Crippen LogP contribution in [0.15, 0.2) is 0 Å². The molecule has 0 bridgehead atoms. The Morgan fingerprint density at radius 1 is 1.17 bits per heavy atom. The van der Waals surface area contributed by atoms with Gasteiger partial charge in [-0.15, -0.1) is 0 Å². The molecule has 2 saturated carbocycles. The maximum absolute atomic E-state index is 6.10. The van der Waals surface area contributed by atoms with Gasteiger partial charge in [-0.3, -0.25) is 0 Å². The third-order valence-electron chi connectivity index (χ3n) is 3.88. The molecule has 106 valence electrons. The fourth-order valence-corrected chi connectivity index (χ4v) is 2.44. The summed E-state index contributed by atoms with van der Waals surface area (Å²) in [4.78, 5) is 0. The van der Waals surface area contributed by atoms with Crippen LogP contribution in [0.4, 0.5) is 0 Å². The Hall–Kier alpha value is -0.120. The summed E-state index contributed by atoms with van der Waals surface area (Å²) in [5.41, 5.74) is 0.118. The van der Waals surface area contributed by atoms with Crippen molar-refractivity contribution in [2.24, 2.45) is 0 Å². The molecule has 0 aromatic carbocycles. The maximum Gasteiger partial charge on any atom is 0.0708 e. The zero-order valence-electron chi connectivity index (χ0n) is 12.3. The second-order valence-electron chi connectivity index (χ2n) is 6.82. The van der Waals surface area contributed by atoms with Crippen molar-refractivity contribution < 1.29 is 9.47 Å². The number of hydrogen-bond donors (Lipinski definition) is 1. The van der Waals surface area contributed by atoms with Crippen LogP contribution in [-0.2, 0) is 9.47 Å². The van der Waals surface area contributed by atoms with Gasteiger partial charge in [0.15, 0.2) is 0 Å². The van der Waals surface area contributed by atoms with Crippen LogP contribution in [-0.4, -0.2) is 37.0 Å². The molecule has 3 nitrogen and oxygen atoms in total. The molecule has 0 atom stereocenters. The smallest absolute Gasteiger partial charge is 0.0708 e. The van der Waals surface area contributed by atoms with E-state index in [-0.39, 0.29) is 11.2 Å². The summed E-state index contributed by atoms with van der Waals surface area (Å²) in [6, 6.07) is 0.811. The third kappa shape index (κ3) is 4.87. The predicted molar refractivity (Wildman–Crippen MR) is 73.9 cm³/mol. The van der Waals surface area contributed by atoms with Crippen molar-refractivity contribution >= 4 is 0 Å². The fourth-order valence-electron chi connectivity index (χ4n) is 2.44. The van der Waals surface area contributed by atoms with Gasteiger partial charge in [0.25, 0.3) is 0 Å². The van der Waals surface area contributed by atoms with Gasteiger partial charge < -0.3 is 14.8 Å². The van der Waals surface area contributed by atoms with Crippen LogP contribution in [0.1, 0.15) is 59.3 Å². The van der Waals surface area contributed by atoms with Crippen LogP contribution >= 0.6 is 0 Å². The average Bonchev–Trinajstić information content (AvgIpc) is 3.01. The summed E-state index contributed by atoms with van der Waals surface area (Å²) in [6.07, 6.45) is 7.69. The highest BCUT2D eigenvalue weighted by molar-refractivity contribution is 4.91. The van der Waals surface area contributed by atoms with Gasteiger partial charge in [-0.25, -0.2) is 0 Å². The lowest BCUT2D eigenvalue weighted by Crippen LogP contribution is -2.43. The minimum absolute atomic E-state index is 0.0519.